The van der Waals surface area contributed by atoms with Crippen LogP contribution in [0.5, 0.6) is 0 Å². The summed E-state index contributed by atoms with van der Waals surface area (Å²) in [6.45, 7) is 2.23. The maximum Gasteiger partial charge on any atom is 0.354 e. The molecule has 14 heteroatoms. The fourth-order valence-electron chi connectivity index (χ4n) is 3.12. The van der Waals surface area contributed by atoms with Gasteiger partial charge in [0.25, 0.3) is 0 Å². The second-order valence-corrected chi connectivity index (χ2v) is 9.92. The Morgan fingerprint density at radius 1 is 1.38 bits per heavy atom. The third kappa shape index (κ3) is 4.41. The molecule has 0 saturated carbocycles. The normalized spacial score (nSPS) is 23.2. The third-order valence-corrected chi connectivity index (χ3v) is 8.34. The quantitative estimate of drug-likeness (QED) is 0.250. The maximum atomic E-state index is 12.2. The summed E-state index contributed by atoms with van der Waals surface area (Å²) >= 11 is 4.16. The summed E-state index contributed by atoms with van der Waals surface area (Å²) in [5.41, 5.74) is 0.0179. The number of aliphatic hydroxyl groups excluding tert-OH is 1. The lowest BCUT2D eigenvalue weighted by Gasteiger charge is -2.43. The lowest BCUT2D eigenvalue weighted by atomic mass is 9.92. The predicted octanol–water partition coefficient (Wildman–Crippen LogP) is -0.452. The Hall–Kier alpha value is -1.32. The molecular weight excluding hydrogens is 438 g/mol. The van der Waals surface area contributed by atoms with Crippen molar-refractivity contribution in [3.05, 3.63) is 15.8 Å². The Labute approximate surface area is 180 Å². The number of hydrogen-bond acceptors (Lipinski definition) is 11. The van der Waals surface area contributed by atoms with Crippen molar-refractivity contribution in [1.29, 1.82) is 0 Å². The van der Waals surface area contributed by atoms with E-state index in [-0.39, 0.29) is 23.0 Å². The van der Waals surface area contributed by atoms with E-state index in [0.29, 0.717) is 28.1 Å². The largest absolute Gasteiger partial charge is 0.477 e. The second kappa shape index (κ2) is 9.66. The number of carbonyl (C=O) groups excluding carboxylic acids is 1. The van der Waals surface area contributed by atoms with Crippen molar-refractivity contribution < 1.29 is 19.8 Å². The van der Waals surface area contributed by atoms with Gasteiger partial charge in [0.05, 0.1) is 22.3 Å². The molecule has 160 valence electrons. The zero-order chi connectivity index (χ0) is 21.1. The first-order chi connectivity index (χ1) is 13.9. The van der Waals surface area contributed by atoms with E-state index in [0.717, 1.165) is 0 Å². The van der Waals surface area contributed by atoms with Gasteiger partial charge in [0, 0.05) is 18.1 Å². The molecule has 0 aromatic carbocycles. The van der Waals surface area contributed by atoms with Crippen LogP contribution in [0, 0.1) is 5.92 Å². The standard InChI is InChI=1S/C15H23N7O4S3/c1-7(23)9-12(24)21-10(14(25)26)15(29-13(9)21)27-4-5-28-22-11(18-19-20-22)8(17-3)6-16-2/h7-9,13,16-17,23H,4-6H2,1-3H3,(H,25,26)/t7?,8?,9-,13+/m0/s1. The van der Waals surface area contributed by atoms with Gasteiger partial charge in [-0.15, -0.1) is 16.9 Å². The topological polar surface area (TPSA) is 145 Å². The number of fused-ring (bicyclic) bond motifs is 1. The molecule has 4 N–H and O–H groups in total. The fraction of sp³-hybridized carbons (Fsp3) is 0.667. The monoisotopic (exact) mass is 461 g/mol. The summed E-state index contributed by atoms with van der Waals surface area (Å²) < 4.78 is 2.26. The molecule has 0 radical (unpaired) electrons. The average Bonchev–Trinajstić information content (AvgIpc) is 3.25. The Kier molecular flexibility index (Phi) is 7.45. The summed E-state index contributed by atoms with van der Waals surface area (Å²) in [5.74, 6) is -0.0509. The number of aromatic nitrogens is 4. The van der Waals surface area contributed by atoms with Crippen LogP contribution < -0.4 is 10.6 Å². The van der Waals surface area contributed by atoms with Gasteiger partial charge < -0.3 is 20.8 Å². The number of tetrazole rings is 1. The maximum absolute atomic E-state index is 12.2. The van der Waals surface area contributed by atoms with E-state index in [2.05, 4.69) is 26.2 Å². The SMILES string of the molecule is CNCC(NC)c1nnnn1SCCSC1=C(C(=O)O)N2C(=O)[C@H](C(C)O)[C@H]2S1. The molecule has 1 saturated heterocycles. The summed E-state index contributed by atoms with van der Waals surface area (Å²) in [7, 11) is 3.69. The van der Waals surface area contributed by atoms with Gasteiger partial charge in [-0.1, -0.05) is 11.8 Å². The predicted molar refractivity (Wildman–Crippen MR) is 112 cm³/mol. The van der Waals surface area contributed by atoms with Gasteiger partial charge >= 0.3 is 5.97 Å². The molecule has 0 aliphatic carbocycles. The molecule has 4 atom stereocenters. The molecular formula is C15H23N7O4S3. The number of aliphatic hydroxyl groups is 1. The molecule has 2 aliphatic rings. The molecule has 3 rings (SSSR count). The zero-order valence-corrected chi connectivity index (χ0v) is 18.6. The van der Waals surface area contributed by atoms with Crippen molar-refractivity contribution in [1.82, 2.24) is 35.1 Å². The first kappa shape index (κ1) is 22.4. The van der Waals surface area contributed by atoms with Gasteiger partial charge in [-0.2, -0.15) is 4.09 Å². The Morgan fingerprint density at radius 3 is 2.76 bits per heavy atom. The zero-order valence-electron chi connectivity index (χ0n) is 16.1. The minimum absolute atomic E-state index is 0.0179. The van der Waals surface area contributed by atoms with Gasteiger partial charge in [-0.05, 0) is 43.4 Å². The van der Waals surface area contributed by atoms with Gasteiger partial charge in [-0.3, -0.25) is 9.69 Å². The van der Waals surface area contributed by atoms with Crippen LogP contribution in [0.2, 0.25) is 0 Å². The summed E-state index contributed by atoms with van der Waals surface area (Å²) in [4.78, 5) is 25.2. The number of aliphatic carboxylic acids is 1. The Balaban J connectivity index is 1.58. The molecule has 1 aromatic heterocycles. The number of nitrogens with one attached hydrogen (secondary N) is 2. The molecule has 2 aliphatic heterocycles. The van der Waals surface area contributed by atoms with Crippen molar-refractivity contribution in [2.45, 2.75) is 24.4 Å². The van der Waals surface area contributed by atoms with Crippen LogP contribution in [0.1, 0.15) is 18.8 Å². The van der Waals surface area contributed by atoms with Gasteiger partial charge in [0.1, 0.15) is 5.37 Å². The third-order valence-electron chi connectivity index (χ3n) is 4.53. The summed E-state index contributed by atoms with van der Waals surface area (Å²) in [6, 6.07) is -0.0336. The van der Waals surface area contributed by atoms with Crippen LogP contribution >= 0.6 is 35.5 Å². The van der Waals surface area contributed by atoms with Crippen molar-refractivity contribution >= 4 is 47.3 Å². The molecule has 11 nitrogen and oxygen atoms in total. The highest BCUT2D eigenvalue weighted by Crippen LogP contribution is 2.53. The lowest BCUT2D eigenvalue weighted by Crippen LogP contribution is -2.60. The Bertz CT molecular complexity index is 803. The Morgan fingerprint density at radius 2 is 2.14 bits per heavy atom. The van der Waals surface area contributed by atoms with Crippen LogP contribution in [-0.4, -0.2) is 90.2 Å². The molecule has 1 aromatic rings. The lowest BCUT2D eigenvalue weighted by molar-refractivity contribution is -0.156. The number of β-lactam (4-membered cyclic amide) rings is 1. The van der Waals surface area contributed by atoms with Gasteiger partial charge in [-0.25, -0.2) is 4.79 Å². The van der Waals surface area contributed by atoms with Crippen LogP contribution in [0.15, 0.2) is 9.93 Å². The van der Waals surface area contributed by atoms with E-state index in [1.165, 1.54) is 40.4 Å². The van der Waals surface area contributed by atoms with Crippen molar-refractivity contribution in [3.63, 3.8) is 0 Å². The molecule has 2 unspecified atom stereocenters. The molecule has 3 heterocycles. The number of nitrogens with zero attached hydrogens (tertiary/aromatic N) is 5. The number of carboxylic acids is 1. The van der Waals surface area contributed by atoms with E-state index >= 15 is 0 Å². The van der Waals surface area contributed by atoms with E-state index in [9.17, 15) is 19.8 Å². The highest BCUT2D eigenvalue weighted by molar-refractivity contribution is 8.23. The fourth-order valence-corrected chi connectivity index (χ4v) is 6.95. The molecule has 29 heavy (non-hydrogen) atoms. The summed E-state index contributed by atoms with van der Waals surface area (Å²) in [5, 5.41) is 37.0. The summed E-state index contributed by atoms with van der Waals surface area (Å²) in [6.07, 6.45) is -0.804. The van der Waals surface area contributed by atoms with Crippen LogP contribution in [0.4, 0.5) is 0 Å². The minimum Gasteiger partial charge on any atom is -0.477 e. The van der Waals surface area contributed by atoms with E-state index < -0.39 is 18.0 Å². The first-order valence-electron chi connectivity index (χ1n) is 8.92. The van der Waals surface area contributed by atoms with Crippen molar-refractivity contribution in [2.75, 3.05) is 32.1 Å². The van der Waals surface area contributed by atoms with Crippen molar-refractivity contribution in [2.24, 2.45) is 5.92 Å². The average molecular weight is 462 g/mol. The number of thioether (sulfide) groups is 2. The molecule has 0 bridgehead atoms. The number of rotatable bonds is 11. The van der Waals surface area contributed by atoms with E-state index in [1.807, 2.05) is 14.1 Å². The number of carboxylic acid groups (broad SMARTS) is 1. The highest BCUT2D eigenvalue weighted by Gasteiger charge is 2.57. The van der Waals surface area contributed by atoms with Gasteiger partial charge in [0.15, 0.2) is 11.5 Å². The number of carbonyl (C=O) groups is 2. The van der Waals surface area contributed by atoms with Crippen LogP contribution in [0.25, 0.3) is 0 Å². The first-order valence-corrected chi connectivity index (χ1v) is 11.7. The second-order valence-electron chi connectivity index (χ2n) is 6.41. The number of likely N-dealkylation sites (N-methyl/N-ethyl adjacent to an activating group) is 2. The van der Waals surface area contributed by atoms with E-state index in [1.54, 1.807) is 11.0 Å². The highest BCUT2D eigenvalue weighted by atomic mass is 32.2. The molecule has 1 fully saturated rings. The number of amides is 1. The van der Waals surface area contributed by atoms with Crippen LogP contribution in [0.3, 0.4) is 0 Å². The van der Waals surface area contributed by atoms with Crippen LogP contribution in [-0.2, 0) is 9.59 Å². The molecule has 1 amide bonds. The van der Waals surface area contributed by atoms with Crippen molar-refractivity contribution in [3.8, 4) is 0 Å². The van der Waals surface area contributed by atoms with E-state index in [4.69, 9.17) is 0 Å². The molecule has 0 spiro atoms. The smallest absolute Gasteiger partial charge is 0.354 e. The van der Waals surface area contributed by atoms with Gasteiger partial charge in [0.2, 0.25) is 5.91 Å². The minimum atomic E-state index is -1.13. The number of hydrogen-bond donors (Lipinski definition) is 4.